The lowest BCUT2D eigenvalue weighted by Crippen LogP contribution is -2.48. The Bertz CT molecular complexity index is 874. The third kappa shape index (κ3) is 6.30. The van der Waals surface area contributed by atoms with Crippen molar-refractivity contribution in [3.63, 3.8) is 0 Å². The Balaban J connectivity index is 1.73. The topological polar surface area (TPSA) is 73.1 Å². The molecule has 170 valence electrons. The van der Waals surface area contributed by atoms with E-state index < -0.39 is 6.61 Å². The zero-order valence-electron chi connectivity index (χ0n) is 18.1. The molecule has 1 aromatic carbocycles. The second-order valence-corrected chi connectivity index (χ2v) is 7.02. The number of ether oxygens (including phenoxy) is 3. The van der Waals surface area contributed by atoms with Gasteiger partial charge in [-0.2, -0.15) is 13.9 Å². The van der Waals surface area contributed by atoms with Crippen LogP contribution in [-0.2, 0) is 18.3 Å². The Morgan fingerprint density at radius 3 is 2.87 bits per heavy atom. The molecule has 0 amide bonds. The molecule has 1 aliphatic heterocycles. The molecule has 0 bridgehead atoms. The molecule has 10 heteroatoms. The predicted molar refractivity (Wildman–Crippen MR) is 113 cm³/mol. The lowest BCUT2D eigenvalue weighted by molar-refractivity contribution is -0.0514. The highest BCUT2D eigenvalue weighted by molar-refractivity contribution is 5.80. The van der Waals surface area contributed by atoms with Gasteiger partial charge in [0, 0.05) is 31.9 Å². The number of alkyl halides is 2. The first-order chi connectivity index (χ1) is 15.0. The van der Waals surface area contributed by atoms with Crippen LogP contribution in [0.15, 0.2) is 35.6 Å². The van der Waals surface area contributed by atoms with E-state index in [4.69, 9.17) is 14.5 Å². The first-order valence-corrected chi connectivity index (χ1v) is 10.3. The van der Waals surface area contributed by atoms with Gasteiger partial charge in [-0.3, -0.25) is 4.68 Å². The minimum atomic E-state index is -2.91. The summed E-state index contributed by atoms with van der Waals surface area (Å²) in [5, 5.41) is 7.55. The number of benzene rings is 1. The maximum Gasteiger partial charge on any atom is 0.387 e. The van der Waals surface area contributed by atoms with E-state index in [1.165, 1.54) is 6.07 Å². The molecule has 1 aromatic heterocycles. The van der Waals surface area contributed by atoms with Crippen molar-refractivity contribution in [2.75, 3.05) is 32.8 Å². The van der Waals surface area contributed by atoms with Crippen LogP contribution in [0.25, 0.3) is 0 Å². The molecule has 8 nitrogen and oxygen atoms in total. The first-order valence-electron chi connectivity index (χ1n) is 10.3. The van der Waals surface area contributed by atoms with Crippen LogP contribution >= 0.6 is 0 Å². The summed E-state index contributed by atoms with van der Waals surface area (Å²) in [7, 11) is 1.88. The zero-order chi connectivity index (χ0) is 22.2. The van der Waals surface area contributed by atoms with E-state index in [1.807, 2.05) is 26.4 Å². The third-order valence-corrected chi connectivity index (χ3v) is 4.73. The highest BCUT2D eigenvalue weighted by Crippen LogP contribution is 2.30. The van der Waals surface area contributed by atoms with Crippen molar-refractivity contribution in [1.29, 1.82) is 0 Å². The number of nitrogens with one attached hydrogen (secondary N) is 1. The summed E-state index contributed by atoms with van der Waals surface area (Å²) in [6.07, 6.45) is 3.69. The van der Waals surface area contributed by atoms with Gasteiger partial charge in [0.25, 0.3) is 0 Å². The van der Waals surface area contributed by atoms with Gasteiger partial charge in [-0.1, -0.05) is 6.07 Å². The van der Waals surface area contributed by atoms with Crippen LogP contribution in [0.4, 0.5) is 8.78 Å². The summed E-state index contributed by atoms with van der Waals surface area (Å²) in [6.45, 7) is 4.28. The van der Waals surface area contributed by atoms with Gasteiger partial charge >= 0.3 is 6.61 Å². The summed E-state index contributed by atoms with van der Waals surface area (Å²) in [5.41, 5.74) is 1.86. The second-order valence-electron chi connectivity index (χ2n) is 7.02. The number of aromatic nitrogens is 2. The quantitative estimate of drug-likeness (QED) is 0.506. The van der Waals surface area contributed by atoms with Crippen molar-refractivity contribution in [2.45, 2.75) is 33.1 Å². The molecular formula is C21H29F2N5O3. The Morgan fingerprint density at radius 2 is 2.19 bits per heavy atom. The minimum Gasteiger partial charge on any atom is -0.490 e. The molecule has 2 heterocycles. The molecule has 0 aliphatic carbocycles. The Hall–Kier alpha value is -2.88. The molecular weight excluding hydrogens is 408 g/mol. The summed E-state index contributed by atoms with van der Waals surface area (Å²) >= 11 is 0. The maximum atomic E-state index is 12.6. The van der Waals surface area contributed by atoms with E-state index in [-0.39, 0.29) is 17.6 Å². The fourth-order valence-electron chi connectivity index (χ4n) is 3.35. The standard InChI is InChI=1S/C21H29F2N5O3/c1-4-24-21(28-8-9-30-19(14-28)16-12-26-27(3)13-16)25-11-15-6-7-17(31-20(22)23)18(10-15)29-5-2/h6-7,10,12-13,19-20H,4-5,8-9,11,14H2,1-3H3,(H,24,25). The fraction of sp³-hybridized carbons (Fsp3) is 0.524. The molecule has 0 saturated carbocycles. The van der Waals surface area contributed by atoms with Gasteiger partial charge in [-0.25, -0.2) is 4.99 Å². The van der Waals surface area contributed by atoms with Crippen LogP contribution in [0.5, 0.6) is 11.5 Å². The van der Waals surface area contributed by atoms with Gasteiger partial charge in [0.2, 0.25) is 0 Å². The molecule has 1 unspecified atom stereocenters. The highest BCUT2D eigenvalue weighted by atomic mass is 19.3. The molecule has 2 aromatic rings. The van der Waals surface area contributed by atoms with E-state index in [2.05, 4.69) is 20.1 Å². The molecule has 31 heavy (non-hydrogen) atoms. The van der Waals surface area contributed by atoms with E-state index in [1.54, 1.807) is 23.7 Å². The van der Waals surface area contributed by atoms with Crippen molar-refractivity contribution in [1.82, 2.24) is 20.0 Å². The molecule has 1 fully saturated rings. The van der Waals surface area contributed by atoms with E-state index in [0.29, 0.717) is 32.8 Å². The lowest BCUT2D eigenvalue weighted by atomic mass is 10.1. The van der Waals surface area contributed by atoms with Gasteiger partial charge in [0.15, 0.2) is 17.5 Å². The lowest BCUT2D eigenvalue weighted by Gasteiger charge is -2.34. The molecule has 1 saturated heterocycles. The van der Waals surface area contributed by atoms with E-state index in [9.17, 15) is 8.78 Å². The molecule has 0 spiro atoms. The van der Waals surface area contributed by atoms with Crippen LogP contribution < -0.4 is 14.8 Å². The van der Waals surface area contributed by atoms with Crippen molar-refractivity contribution in [3.8, 4) is 11.5 Å². The number of guanidine groups is 1. The normalized spacial score (nSPS) is 17.2. The molecule has 1 aliphatic rings. The number of nitrogens with zero attached hydrogens (tertiary/aromatic N) is 4. The Morgan fingerprint density at radius 1 is 1.35 bits per heavy atom. The molecule has 3 rings (SSSR count). The maximum absolute atomic E-state index is 12.6. The smallest absolute Gasteiger partial charge is 0.387 e. The number of aliphatic imine (C=N–C) groups is 1. The summed E-state index contributed by atoms with van der Waals surface area (Å²) in [5.74, 6) is 1.07. The van der Waals surface area contributed by atoms with Gasteiger partial charge < -0.3 is 24.4 Å². The largest absolute Gasteiger partial charge is 0.490 e. The monoisotopic (exact) mass is 437 g/mol. The van der Waals surface area contributed by atoms with Crippen LogP contribution in [0.3, 0.4) is 0 Å². The predicted octanol–water partition coefficient (Wildman–Crippen LogP) is 2.96. The first kappa shape index (κ1) is 22.8. The van der Waals surface area contributed by atoms with Crippen molar-refractivity contribution >= 4 is 5.96 Å². The average molecular weight is 437 g/mol. The number of morpholine rings is 1. The number of hydrogen-bond acceptors (Lipinski definition) is 5. The van der Waals surface area contributed by atoms with Gasteiger partial charge in [-0.15, -0.1) is 0 Å². The summed E-state index contributed by atoms with van der Waals surface area (Å²) in [4.78, 5) is 6.90. The SMILES string of the molecule is CCNC(=NCc1ccc(OC(F)F)c(OCC)c1)N1CCOC(c2cnn(C)c2)C1. The van der Waals surface area contributed by atoms with Crippen LogP contribution in [0, 0.1) is 0 Å². The van der Waals surface area contributed by atoms with E-state index >= 15 is 0 Å². The summed E-state index contributed by atoms with van der Waals surface area (Å²) in [6, 6.07) is 4.89. The van der Waals surface area contributed by atoms with Crippen LogP contribution in [-0.4, -0.2) is 60.1 Å². The highest BCUT2D eigenvalue weighted by Gasteiger charge is 2.25. The average Bonchev–Trinajstić information content (AvgIpc) is 3.19. The third-order valence-electron chi connectivity index (χ3n) is 4.73. The van der Waals surface area contributed by atoms with Crippen molar-refractivity contribution in [3.05, 3.63) is 41.7 Å². The van der Waals surface area contributed by atoms with Crippen LogP contribution in [0.2, 0.25) is 0 Å². The van der Waals surface area contributed by atoms with Gasteiger partial charge in [-0.05, 0) is 31.5 Å². The molecule has 0 radical (unpaired) electrons. The van der Waals surface area contributed by atoms with Crippen molar-refractivity contribution < 1.29 is 23.0 Å². The van der Waals surface area contributed by atoms with Crippen molar-refractivity contribution in [2.24, 2.45) is 12.0 Å². The number of hydrogen-bond donors (Lipinski definition) is 1. The second kappa shape index (κ2) is 10.9. The minimum absolute atomic E-state index is 0.0176. The number of halogens is 2. The number of aryl methyl sites for hydroxylation is 1. The van der Waals surface area contributed by atoms with Gasteiger partial charge in [0.05, 0.1) is 32.5 Å². The Labute approximate surface area is 180 Å². The number of rotatable bonds is 8. The fourth-order valence-corrected chi connectivity index (χ4v) is 3.35. The Kier molecular flexibility index (Phi) is 8.05. The molecule has 1 N–H and O–H groups in total. The van der Waals surface area contributed by atoms with Crippen LogP contribution in [0.1, 0.15) is 31.1 Å². The summed E-state index contributed by atoms with van der Waals surface area (Å²) < 4.78 is 42.9. The molecule has 1 atom stereocenters. The van der Waals surface area contributed by atoms with E-state index in [0.717, 1.165) is 23.6 Å². The van der Waals surface area contributed by atoms with Gasteiger partial charge in [0.1, 0.15) is 6.10 Å². The zero-order valence-corrected chi connectivity index (χ0v) is 18.1.